The zero-order valence-electron chi connectivity index (χ0n) is 35.5. The lowest BCUT2D eigenvalue weighted by Crippen LogP contribution is -2.56. The predicted molar refractivity (Wildman–Crippen MR) is 158 cm³/mol. The normalized spacial score (nSPS) is 21.0. The summed E-state index contributed by atoms with van der Waals surface area (Å²) in [5.41, 5.74) is 0. The molecule has 1 heterocycles. The van der Waals surface area contributed by atoms with E-state index in [0.717, 1.165) is 0 Å². The van der Waals surface area contributed by atoms with Crippen LogP contribution in [-0.2, 0) is 42.6 Å². The van der Waals surface area contributed by atoms with Crippen LogP contribution < -0.4 is 0 Å². The Morgan fingerprint density at radius 3 is 0.753 bits per heavy atom. The number of rotatable bonds is 28. The molecule has 0 aromatic heterocycles. The zero-order valence-corrected chi connectivity index (χ0v) is 35.5. The van der Waals surface area contributed by atoms with Crippen LogP contribution in [0.4, 0.5) is 167 Å². The monoisotopic (exact) mass is 1250 g/mol. The van der Waals surface area contributed by atoms with E-state index in [1.807, 2.05) is 0 Å². The van der Waals surface area contributed by atoms with Crippen molar-refractivity contribution in [2.24, 2.45) is 0 Å². The molecular weight excluding hydrogens is 1230 g/mol. The van der Waals surface area contributed by atoms with Crippen molar-refractivity contribution in [3.8, 4) is 0 Å². The first-order valence-electron chi connectivity index (χ1n) is 18.0. The van der Waals surface area contributed by atoms with E-state index in [1.165, 1.54) is 0 Å². The van der Waals surface area contributed by atoms with Gasteiger partial charge in [0.25, 0.3) is 37.1 Å². The van der Waals surface area contributed by atoms with Crippen molar-refractivity contribution in [3.05, 3.63) is 12.2 Å². The fraction of sp³-hybridized carbons (Fsp3) is 0.933. The third kappa shape index (κ3) is 18.1. The first-order valence-corrected chi connectivity index (χ1v) is 18.0. The van der Waals surface area contributed by atoms with Crippen LogP contribution in [0.25, 0.3) is 0 Å². The first kappa shape index (κ1) is 73.7. The fourth-order valence-electron chi connectivity index (χ4n) is 3.63. The van der Waals surface area contributed by atoms with E-state index >= 15 is 0 Å². The van der Waals surface area contributed by atoms with Gasteiger partial charge in [0.15, 0.2) is 0 Å². The highest BCUT2D eigenvalue weighted by Crippen LogP contribution is 2.52. The summed E-state index contributed by atoms with van der Waals surface area (Å²) in [6.07, 6.45) is -86.7. The minimum Gasteiger partial charge on any atom is -0.365 e. The van der Waals surface area contributed by atoms with E-state index in [1.54, 1.807) is 0 Å². The molecule has 462 valence electrons. The lowest BCUT2D eigenvalue weighted by molar-refractivity contribution is -0.465. The molecule has 0 aromatic carbocycles. The van der Waals surface area contributed by atoms with E-state index in [4.69, 9.17) is 0 Å². The molecule has 0 aromatic rings. The first-order chi connectivity index (χ1) is 33.4. The highest BCUT2D eigenvalue weighted by Gasteiger charge is 2.78. The molecule has 8 atom stereocenters. The van der Waals surface area contributed by atoms with Crippen LogP contribution in [-0.4, -0.2) is 161 Å². The smallest absolute Gasteiger partial charge is 0.365 e. The minimum absolute atomic E-state index is 0.0738. The second kappa shape index (κ2) is 23.7. The van der Waals surface area contributed by atoms with Crippen molar-refractivity contribution >= 4 is 0 Å². The molecule has 1 saturated heterocycles. The summed E-state index contributed by atoms with van der Waals surface area (Å²) < 4.78 is 511. The average Bonchev–Trinajstić information content (AvgIpc) is 3.96. The maximum absolute atomic E-state index is 13.5. The van der Waals surface area contributed by atoms with E-state index in [0.29, 0.717) is 0 Å². The average molecular weight is 1250 g/mol. The standard InChI is InChI=1S/C15H11F19O5.C15H11F19O4/c1-8(18,11(23,24)13(27,28)29)38-6(16)9(19,20)35-2-4-5(37-4)3-36-10(21,22)7(17)39-15(33,34)12(25,26)14(30,31)32;1-8(18,11(23,24)13(27,28)29)37-6(16)9(19,20)35-4-2-3-5-36-10(21,22)7(17)38-15(33,34)12(25,26)14(30,31)32/h4-7H,2-3H2,1H3;2-3,6-7H,4-5H2,1H3/b;3-2+. The van der Waals surface area contributed by atoms with Gasteiger partial charge in [0.05, 0.1) is 26.4 Å². The summed E-state index contributed by atoms with van der Waals surface area (Å²) in [5, 5.41) is 0. The fourth-order valence-corrected chi connectivity index (χ4v) is 3.63. The molecule has 77 heavy (non-hydrogen) atoms. The Morgan fingerprint density at radius 1 is 0.325 bits per heavy atom. The van der Waals surface area contributed by atoms with Crippen molar-refractivity contribution in [1.82, 2.24) is 0 Å². The van der Waals surface area contributed by atoms with Crippen LogP contribution in [0.15, 0.2) is 12.2 Å². The van der Waals surface area contributed by atoms with Gasteiger partial charge in [-0.1, -0.05) is 12.2 Å². The van der Waals surface area contributed by atoms with Gasteiger partial charge in [0, 0.05) is 13.8 Å². The van der Waals surface area contributed by atoms with E-state index in [2.05, 4.69) is 42.6 Å². The van der Waals surface area contributed by atoms with Crippen LogP contribution in [0.1, 0.15) is 13.8 Å². The van der Waals surface area contributed by atoms with Gasteiger partial charge >= 0.3 is 85.0 Å². The van der Waals surface area contributed by atoms with Crippen LogP contribution in [0.3, 0.4) is 0 Å². The van der Waals surface area contributed by atoms with Gasteiger partial charge in [-0.05, 0) is 0 Å². The van der Waals surface area contributed by atoms with Crippen LogP contribution >= 0.6 is 0 Å². The molecule has 1 fully saturated rings. The van der Waals surface area contributed by atoms with E-state index < -0.39 is 175 Å². The highest BCUT2D eigenvalue weighted by atomic mass is 19.5. The molecule has 8 unspecified atom stereocenters. The molecule has 0 amide bonds. The van der Waals surface area contributed by atoms with Crippen molar-refractivity contribution in [2.45, 2.75) is 148 Å². The highest BCUT2D eigenvalue weighted by molar-refractivity contribution is 4.92. The van der Waals surface area contributed by atoms with Gasteiger partial charge in [0.2, 0.25) is 0 Å². The Hall–Kier alpha value is -3.28. The molecule has 0 aliphatic carbocycles. The third-order valence-corrected chi connectivity index (χ3v) is 7.96. The molecule has 9 nitrogen and oxygen atoms in total. The summed E-state index contributed by atoms with van der Waals surface area (Å²) in [6.45, 7) is -8.40. The largest absolute Gasteiger partial charge is 0.462 e. The minimum atomic E-state index is -7.16. The van der Waals surface area contributed by atoms with Gasteiger partial charge in [-0.3, -0.25) is 18.9 Å². The molecule has 1 rings (SSSR count). The van der Waals surface area contributed by atoms with Crippen LogP contribution in [0.5, 0.6) is 0 Å². The Kier molecular flexibility index (Phi) is 22.7. The predicted octanol–water partition coefficient (Wildman–Crippen LogP) is 13.3. The molecule has 0 radical (unpaired) electrons. The zero-order chi connectivity index (χ0) is 62.1. The topological polar surface area (TPSA) is 86.4 Å². The second-order valence-corrected chi connectivity index (χ2v) is 14.1. The number of halogens is 38. The maximum atomic E-state index is 13.5. The molecule has 1 aliphatic heterocycles. The quantitative estimate of drug-likeness (QED) is 0.0432. The molecule has 47 heteroatoms. The Labute approximate surface area is 397 Å². The molecule has 0 bridgehead atoms. The van der Waals surface area contributed by atoms with Gasteiger partial charge in [0.1, 0.15) is 12.2 Å². The summed E-state index contributed by atoms with van der Waals surface area (Å²) in [7, 11) is 0. The molecule has 1 aliphatic rings. The van der Waals surface area contributed by atoms with Crippen molar-refractivity contribution < 1.29 is 209 Å². The molecular formula is C30H22F38O9. The van der Waals surface area contributed by atoms with Gasteiger partial charge in [-0.25, -0.2) is 26.3 Å². The number of ether oxygens (including phenoxy) is 9. The number of epoxide rings is 1. The SMILES string of the molecule is CC(F)(OC(F)C(F)(F)OC/C=C/COC(F)(F)C(F)OC(F)(F)C(F)(F)C(F)(F)F)C(F)(F)C(F)(F)F.CC(F)(OC(F)C(F)(F)OCC1OC1COC(F)(F)C(F)OC(F)(F)C(F)(F)C(F)(F)F)C(F)(F)C(F)(F)F. The molecule has 0 spiro atoms. The van der Waals surface area contributed by atoms with Crippen molar-refractivity contribution in [2.75, 3.05) is 26.4 Å². The Balaban J connectivity index is 0.00000150. The van der Waals surface area contributed by atoms with Crippen molar-refractivity contribution in [3.63, 3.8) is 0 Å². The molecule has 0 saturated carbocycles. The number of alkyl halides is 38. The van der Waals surface area contributed by atoms with Crippen LogP contribution in [0.2, 0.25) is 0 Å². The van der Waals surface area contributed by atoms with E-state index in [-0.39, 0.29) is 12.2 Å². The summed E-state index contributed by atoms with van der Waals surface area (Å²) >= 11 is 0. The lowest BCUT2D eigenvalue weighted by atomic mass is 10.1. The summed E-state index contributed by atoms with van der Waals surface area (Å²) in [6, 6.07) is 0. The number of hydrogen-bond donors (Lipinski definition) is 0. The Bertz CT molecular complexity index is 1750. The van der Waals surface area contributed by atoms with Gasteiger partial charge < -0.3 is 23.7 Å². The van der Waals surface area contributed by atoms with E-state index in [9.17, 15) is 167 Å². The third-order valence-electron chi connectivity index (χ3n) is 7.96. The second-order valence-electron chi connectivity index (χ2n) is 14.1. The molecule has 0 N–H and O–H groups in total. The Morgan fingerprint density at radius 2 is 0.532 bits per heavy atom. The van der Waals surface area contributed by atoms with Gasteiger partial charge in [-0.2, -0.15) is 140 Å². The van der Waals surface area contributed by atoms with Gasteiger partial charge in [-0.15, -0.1) is 0 Å². The summed E-state index contributed by atoms with van der Waals surface area (Å²) in [4.78, 5) is 0. The number of hydrogen-bond acceptors (Lipinski definition) is 9. The van der Waals surface area contributed by atoms with Crippen LogP contribution in [0, 0.1) is 0 Å². The maximum Gasteiger partial charge on any atom is 0.462 e. The summed E-state index contributed by atoms with van der Waals surface area (Å²) in [5.74, 6) is -38.2. The van der Waals surface area contributed by atoms with Crippen molar-refractivity contribution in [1.29, 1.82) is 0 Å². The lowest BCUT2D eigenvalue weighted by Gasteiger charge is -2.33.